The van der Waals surface area contributed by atoms with Crippen LogP contribution in [0.4, 0.5) is 5.13 Å². The minimum absolute atomic E-state index is 0.0149. The number of benzene rings is 2. The van der Waals surface area contributed by atoms with E-state index in [1.54, 1.807) is 19.3 Å². The summed E-state index contributed by atoms with van der Waals surface area (Å²) in [7, 11) is 0. The summed E-state index contributed by atoms with van der Waals surface area (Å²) in [6.45, 7) is 1.91. The minimum Gasteiger partial charge on any atom is -0.448 e. The highest BCUT2D eigenvalue weighted by molar-refractivity contribution is 8.02. The first kappa shape index (κ1) is 32.9. The van der Waals surface area contributed by atoms with Crippen molar-refractivity contribution in [3.63, 3.8) is 0 Å². The molecular formula is C33H29N7O5S3. The van der Waals surface area contributed by atoms with E-state index in [9.17, 15) is 14.4 Å². The highest BCUT2D eigenvalue weighted by Crippen LogP contribution is 2.42. The number of rotatable bonds is 12. The summed E-state index contributed by atoms with van der Waals surface area (Å²) in [6, 6.07) is 21.6. The van der Waals surface area contributed by atoms with Gasteiger partial charge in [-0.05, 0) is 47.2 Å². The van der Waals surface area contributed by atoms with Gasteiger partial charge in [0.15, 0.2) is 11.2 Å². The van der Waals surface area contributed by atoms with Crippen molar-refractivity contribution in [2.45, 2.75) is 29.3 Å². The summed E-state index contributed by atoms with van der Waals surface area (Å²) in [4.78, 5) is 56.9. The van der Waals surface area contributed by atoms with E-state index < -0.39 is 35.3 Å². The van der Waals surface area contributed by atoms with Crippen molar-refractivity contribution in [3.05, 3.63) is 125 Å². The summed E-state index contributed by atoms with van der Waals surface area (Å²) in [6.07, 6.45) is 4.51. The van der Waals surface area contributed by atoms with Crippen LogP contribution in [0.25, 0.3) is 0 Å². The normalized spacial score (nSPS) is 17.7. The number of hydrogen-bond acceptors (Lipinski definition) is 13. The summed E-state index contributed by atoms with van der Waals surface area (Å²) >= 11 is 3.75. The lowest BCUT2D eigenvalue weighted by Gasteiger charge is -2.49. The number of nitrogens with one attached hydrogen (secondary N) is 1. The average molecular weight is 700 g/mol. The molecule has 2 amide bonds. The standard InChI is InChI=1S/C33H29N7O5S3/c1-2-44-38-24(28-37-33(34)48-39-28)29(41)36-25-30(42)40-26(22(19-47-31(25)40)15-17-46-23-14-9-16-35-18-23)32(43)45-27(20-10-5-3-6-11-20)21-12-7-4-8-13-21/h3-18,25,27,31H,2,19H2,1H3,(H,36,41)(H2,34,37,39)/b17-15+,38-24+. The van der Waals surface area contributed by atoms with Crippen LogP contribution in [-0.4, -0.2) is 66.5 Å². The van der Waals surface area contributed by atoms with Gasteiger partial charge in [-0.3, -0.25) is 19.5 Å². The second kappa shape index (κ2) is 15.3. The molecule has 0 spiro atoms. The van der Waals surface area contributed by atoms with Gasteiger partial charge >= 0.3 is 5.97 Å². The predicted molar refractivity (Wildman–Crippen MR) is 185 cm³/mol. The largest absolute Gasteiger partial charge is 0.448 e. The molecule has 2 aromatic carbocycles. The molecule has 0 bridgehead atoms. The van der Waals surface area contributed by atoms with Crippen LogP contribution in [0.5, 0.6) is 0 Å². The molecule has 2 aliphatic rings. The van der Waals surface area contributed by atoms with Crippen molar-refractivity contribution < 1.29 is 24.0 Å². The quantitative estimate of drug-likeness (QED) is 0.0702. The number of oxime groups is 1. The highest BCUT2D eigenvalue weighted by Gasteiger charge is 2.54. The molecule has 2 unspecified atom stereocenters. The number of nitrogen functional groups attached to an aromatic ring is 1. The van der Waals surface area contributed by atoms with E-state index in [1.807, 2.05) is 84.3 Å². The van der Waals surface area contributed by atoms with Gasteiger partial charge in [-0.1, -0.05) is 77.6 Å². The molecule has 4 aromatic rings. The molecule has 2 aliphatic heterocycles. The van der Waals surface area contributed by atoms with Gasteiger partial charge < -0.3 is 20.6 Å². The zero-order chi connectivity index (χ0) is 33.5. The van der Waals surface area contributed by atoms with Gasteiger partial charge in [0.25, 0.3) is 11.8 Å². The van der Waals surface area contributed by atoms with Crippen LogP contribution >= 0.6 is 35.1 Å². The summed E-state index contributed by atoms with van der Waals surface area (Å²) in [5, 5.41) is 8.01. The second-order valence-corrected chi connectivity index (χ2v) is 13.1. The maximum atomic E-state index is 14.2. The molecule has 0 aliphatic carbocycles. The number of carbonyl (C=O) groups excluding carboxylic acids is 3. The maximum absolute atomic E-state index is 14.2. The molecule has 2 atom stereocenters. The Balaban J connectivity index is 1.29. The van der Waals surface area contributed by atoms with Crippen molar-refractivity contribution in [2.75, 3.05) is 18.1 Å². The Hall–Kier alpha value is -4.99. The van der Waals surface area contributed by atoms with E-state index in [2.05, 4.69) is 24.8 Å². The third-order valence-corrected chi connectivity index (χ3v) is 9.80. The average Bonchev–Trinajstić information content (AvgIpc) is 3.56. The van der Waals surface area contributed by atoms with Gasteiger partial charge in [0, 0.05) is 34.6 Å². The summed E-state index contributed by atoms with van der Waals surface area (Å²) in [5.74, 6) is -1.49. The number of allylic oxidation sites excluding steroid dienone is 1. The van der Waals surface area contributed by atoms with Crippen LogP contribution in [0.15, 0.2) is 118 Å². The molecule has 244 valence electrons. The zero-order valence-electron chi connectivity index (χ0n) is 25.5. The van der Waals surface area contributed by atoms with Crippen LogP contribution < -0.4 is 11.1 Å². The van der Waals surface area contributed by atoms with E-state index >= 15 is 0 Å². The predicted octanol–water partition coefficient (Wildman–Crippen LogP) is 4.55. The molecular weight excluding hydrogens is 671 g/mol. The summed E-state index contributed by atoms with van der Waals surface area (Å²) in [5.41, 5.74) is 7.79. The van der Waals surface area contributed by atoms with Gasteiger partial charge in [0.2, 0.25) is 11.5 Å². The van der Waals surface area contributed by atoms with Gasteiger partial charge in [-0.2, -0.15) is 9.36 Å². The number of aromatic nitrogens is 3. The number of ether oxygens (including phenoxy) is 1. The lowest BCUT2D eigenvalue weighted by molar-refractivity contribution is -0.154. The molecule has 48 heavy (non-hydrogen) atoms. The minimum atomic E-state index is -0.956. The molecule has 3 N–H and O–H groups in total. The van der Waals surface area contributed by atoms with Gasteiger partial charge in [0.1, 0.15) is 23.7 Å². The fourth-order valence-corrected chi connectivity index (χ4v) is 7.39. The zero-order valence-corrected chi connectivity index (χ0v) is 27.9. The molecule has 12 nitrogen and oxygen atoms in total. The van der Waals surface area contributed by atoms with Crippen molar-refractivity contribution >= 4 is 63.7 Å². The first-order valence-corrected chi connectivity index (χ1v) is 17.5. The number of nitrogens with zero attached hydrogens (tertiary/aromatic N) is 5. The third-order valence-electron chi connectivity index (χ3n) is 7.17. The molecule has 2 aromatic heterocycles. The van der Waals surface area contributed by atoms with Crippen molar-refractivity contribution in [1.29, 1.82) is 0 Å². The van der Waals surface area contributed by atoms with Crippen LogP contribution in [0, 0.1) is 0 Å². The second-order valence-electron chi connectivity index (χ2n) is 10.3. The fourth-order valence-electron chi connectivity index (χ4n) is 4.97. The first-order chi connectivity index (χ1) is 23.4. The van der Waals surface area contributed by atoms with Crippen LogP contribution in [0.1, 0.15) is 30.0 Å². The molecule has 6 rings (SSSR count). The topological polar surface area (TPSA) is 162 Å². The van der Waals surface area contributed by atoms with Gasteiger partial charge in [-0.15, -0.1) is 11.8 Å². The number of amides is 2. The monoisotopic (exact) mass is 699 g/mol. The molecule has 4 heterocycles. The number of pyridine rings is 1. The Morgan fingerprint density at radius 1 is 1.12 bits per heavy atom. The first-order valence-electron chi connectivity index (χ1n) is 14.8. The fraction of sp³-hybridized carbons (Fsp3) is 0.182. The van der Waals surface area contributed by atoms with E-state index in [0.29, 0.717) is 11.3 Å². The van der Waals surface area contributed by atoms with E-state index in [-0.39, 0.29) is 29.0 Å². The number of nitrogens with two attached hydrogens (primary N) is 1. The SMILES string of the molecule is CCO/N=C(/C(=O)NC1C(=O)N2C(C(=O)OC(c3ccccc3)c3ccccc3)=C(/C=C/Sc3cccnc3)CSC12)c1nsc(N)n1. The van der Waals surface area contributed by atoms with Gasteiger partial charge in [-0.25, -0.2) is 4.79 Å². The number of fused-ring (bicyclic) bond motifs is 1. The van der Waals surface area contributed by atoms with Crippen LogP contribution in [0.2, 0.25) is 0 Å². The van der Waals surface area contributed by atoms with Crippen LogP contribution in [-0.2, 0) is 24.0 Å². The molecule has 1 fully saturated rings. The number of hydrogen-bond donors (Lipinski definition) is 2. The molecule has 1 saturated heterocycles. The van der Waals surface area contributed by atoms with E-state index in [1.165, 1.54) is 28.4 Å². The third kappa shape index (κ3) is 7.27. The van der Waals surface area contributed by atoms with E-state index in [0.717, 1.165) is 27.6 Å². The number of carbonyl (C=O) groups is 3. The lowest BCUT2D eigenvalue weighted by atomic mass is 10.0. The Morgan fingerprint density at radius 3 is 2.48 bits per heavy atom. The Bertz CT molecular complexity index is 1830. The Morgan fingerprint density at radius 2 is 1.85 bits per heavy atom. The smallest absolute Gasteiger partial charge is 0.356 e. The number of thioether (sulfide) groups is 2. The Kier molecular flexibility index (Phi) is 10.5. The molecule has 0 saturated carbocycles. The summed E-state index contributed by atoms with van der Waals surface area (Å²) < 4.78 is 10.3. The number of esters is 1. The lowest BCUT2D eigenvalue weighted by Crippen LogP contribution is -2.71. The number of anilines is 1. The van der Waals surface area contributed by atoms with Crippen molar-refractivity contribution in [2.24, 2.45) is 5.16 Å². The van der Waals surface area contributed by atoms with E-state index in [4.69, 9.17) is 15.3 Å². The highest BCUT2D eigenvalue weighted by atomic mass is 32.2. The van der Waals surface area contributed by atoms with Crippen molar-refractivity contribution in [3.8, 4) is 0 Å². The maximum Gasteiger partial charge on any atom is 0.356 e. The van der Waals surface area contributed by atoms with Crippen molar-refractivity contribution in [1.82, 2.24) is 24.6 Å². The Labute approximate surface area is 288 Å². The molecule has 0 radical (unpaired) electrons. The molecule has 15 heteroatoms. The van der Waals surface area contributed by atoms with Crippen LogP contribution in [0.3, 0.4) is 0 Å². The van der Waals surface area contributed by atoms with Gasteiger partial charge in [0.05, 0.1) is 0 Å². The number of β-lactam (4-membered cyclic amide) rings is 1.